The highest BCUT2D eigenvalue weighted by molar-refractivity contribution is 5.89. The number of tetrazole rings is 1. The molecule has 2 amide bonds. The van der Waals surface area contributed by atoms with E-state index in [1.165, 1.54) is 0 Å². The Morgan fingerprint density at radius 1 is 1.24 bits per heavy atom. The smallest absolute Gasteiger partial charge is 0.319 e. The minimum Gasteiger partial charge on any atom is -0.335 e. The number of urea groups is 1. The van der Waals surface area contributed by atoms with Gasteiger partial charge in [0.25, 0.3) is 0 Å². The normalized spacial score (nSPS) is 15.1. The summed E-state index contributed by atoms with van der Waals surface area (Å²) in [5.74, 6) is 0.761. The van der Waals surface area contributed by atoms with Gasteiger partial charge in [-0.1, -0.05) is 20.8 Å². The van der Waals surface area contributed by atoms with Crippen LogP contribution in [0.15, 0.2) is 43.0 Å². The molecule has 2 heterocycles. The molecule has 0 saturated heterocycles. The summed E-state index contributed by atoms with van der Waals surface area (Å²) >= 11 is 0. The number of carbonyl (C=O) groups is 1. The van der Waals surface area contributed by atoms with Gasteiger partial charge < -0.3 is 15.2 Å². The lowest BCUT2D eigenvalue weighted by atomic mass is 9.86. The second-order valence-electron chi connectivity index (χ2n) is 8.53. The van der Waals surface area contributed by atoms with Crippen molar-refractivity contribution in [3.05, 3.63) is 43.0 Å². The first kappa shape index (κ1) is 19.1. The molecule has 9 heteroatoms. The highest BCUT2D eigenvalue weighted by Crippen LogP contribution is 2.36. The summed E-state index contributed by atoms with van der Waals surface area (Å²) in [6, 6.07) is 7.69. The van der Waals surface area contributed by atoms with Crippen molar-refractivity contribution in [2.45, 2.75) is 52.2 Å². The summed E-state index contributed by atoms with van der Waals surface area (Å²) in [5.41, 5.74) is 1.54. The number of nitrogens with zero attached hydrogens (tertiary/aromatic N) is 6. The van der Waals surface area contributed by atoms with E-state index in [1.54, 1.807) is 12.5 Å². The first-order chi connectivity index (χ1) is 13.9. The zero-order valence-corrected chi connectivity index (χ0v) is 16.9. The van der Waals surface area contributed by atoms with Crippen LogP contribution in [0.1, 0.15) is 39.7 Å². The molecule has 1 fully saturated rings. The molecule has 0 spiro atoms. The third kappa shape index (κ3) is 4.61. The fourth-order valence-corrected chi connectivity index (χ4v) is 3.12. The van der Waals surface area contributed by atoms with E-state index in [2.05, 4.69) is 51.9 Å². The van der Waals surface area contributed by atoms with Crippen molar-refractivity contribution in [2.24, 2.45) is 5.41 Å². The fourth-order valence-electron chi connectivity index (χ4n) is 3.12. The molecule has 3 aromatic rings. The van der Waals surface area contributed by atoms with Crippen LogP contribution in [0.25, 0.3) is 11.4 Å². The largest absolute Gasteiger partial charge is 0.335 e. The molecule has 1 aliphatic rings. The summed E-state index contributed by atoms with van der Waals surface area (Å²) in [6.07, 6.45) is 7.62. The van der Waals surface area contributed by atoms with Crippen LogP contribution in [0.4, 0.5) is 10.5 Å². The number of imidazole rings is 1. The summed E-state index contributed by atoms with van der Waals surface area (Å²) in [6.45, 7) is 6.97. The van der Waals surface area contributed by atoms with E-state index in [0.29, 0.717) is 18.3 Å². The predicted molar refractivity (Wildman–Crippen MR) is 109 cm³/mol. The van der Waals surface area contributed by atoms with E-state index in [-0.39, 0.29) is 17.5 Å². The van der Waals surface area contributed by atoms with Crippen molar-refractivity contribution < 1.29 is 4.79 Å². The number of rotatable bonds is 6. The molecule has 1 unspecified atom stereocenters. The van der Waals surface area contributed by atoms with Gasteiger partial charge in [-0.2, -0.15) is 0 Å². The number of anilines is 1. The van der Waals surface area contributed by atoms with E-state index >= 15 is 0 Å². The SMILES string of the molecule is CC(C)(C)C(Cn1ccnc1)NC(=O)Nc1ccc(-c2nnnn2C2CC2)cc1. The van der Waals surface area contributed by atoms with Crippen molar-refractivity contribution in [1.29, 1.82) is 0 Å². The lowest BCUT2D eigenvalue weighted by Gasteiger charge is -2.31. The van der Waals surface area contributed by atoms with E-state index in [4.69, 9.17) is 0 Å². The van der Waals surface area contributed by atoms with Crippen molar-refractivity contribution in [2.75, 3.05) is 5.32 Å². The lowest BCUT2D eigenvalue weighted by Crippen LogP contribution is -2.47. The second-order valence-corrected chi connectivity index (χ2v) is 8.53. The van der Waals surface area contributed by atoms with Crippen LogP contribution in [-0.4, -0.2) is 41.8 Å². The van der Waals surface area contributed by atoms with Gasteiger partial charge in [-0.15, -0.1) is 5.10 Å². The monoisotopic (exact) mass is 394 g/mol. The van der Waals surface area contributed by atoms with Crippen molar-refractivity contribution in [3.8, 4) is 11.4 Å². The Morgan fingerprint density at radius 3 is 2.62 bits per heavy atom. The summed E-state index contributed by atoms with van der Waals surface area (Å²) in [7, 11) is 0. The van der Waals surface area contributed by atoms with Crippen molar-refractivity contribution in [3.63, 3.8) is 0 Å². The van der Waals surface area contributed by atoms with Gasteiger partial charge in [0, 0.05) is 30.2 Å². The van der Waals surface area contributed by atoms with Gasteiger partial charge in [-0.05, 0) is 52.9 Å². The van der Waals surface area contributed by atoms with Crippen LogP contribution in [-0.2, 0) is 6.54 Å². The number of aromatic nitrogens is 6. The molecular formula is C20H26N8O. The highest BCUT2D eigenvalue weighted by atomic mass is 16.2. The first-order valence-corrected chi connectivity index (χ1v) is 9.82. The number of amides is 2. The summed E-state index contributed by atoms with van der Waals surface area (Å²) < 4.78 is 3.84. The Kier molecular flexibility index (Phi) is 5.04. The van der Waals surface area contributed by atoms with Crippen molar-refractivity contribution in [1.82, 2.24) is 35.1 Å². The lowest BCUT2D eigenvalue weighted by molar-refractivity contribution is 0.219. The van der Waals surface area contributed by atoms with Crippen molar-refractivity contribution >= 4 is 11.7 Å². The molecule has 152 valence electrons. The molecule has 2 N–H and O–H groups in total. The third-order valence-electron chi connectivity index (χ3n) is 5.09. The van der Waals surface area contributed by atoms with E-state index in [1.807, 2.05) is 39.7 Å². The average molecular weight is 394 g/mol. The molecule has 2 aromatic heterocycles. The zero-order valence-electron chi connectivity index (χ0n) is 16.9. The van der Waals surface area contributed by atoms with Gasteiger partial charge in [0.1, 0.15) is 0 Å². The van der Waals surface area contributed by atoms with Gasteiger partial charge in [0.2, 0.25) is 0 Å². The summed E-state index contributed by atoms with van der Waals surface area (Å²) in [4.78, 5) is 16.7. The maximum atomic E-state index is 12.6. The second kappa shape index (κ2) is 7.65. The van der Waals surface area contributed by atoms with Gasteiger partial charge in [0.05, 0.1) is 18.4 Å². The molecule has 0 bridgehead atoms. The van der Waals surface area contributed by atoms with Gasteiger partial charge in [-0.25, -0.2) is 14.5 Å². The standard InChI is InChI=1S/C20H26N8O/c1-20(2,3)17(12-27-11-10-21-13-27)23-19(29)22-15-6-4-14(5-7-15)18-24-25-26-28(18)16-8-9-16/h4-7,10-11,13,16-17H,8-9,12H2,1-3H3,(H2,22,23,29). The van der Waals surface area contributed by atoms with E-state index < -0.39 is 0 Å². The Labute approximate surface area is 169 Å². The van der Waals surface area contributed by atoms with Crippen LogP contribution in [0.2, 0.25) is 0 Å². The molecule has 1 saturated carbocycles. The first-order valence-electron chi connectivity index (χ1n) is 9.82. The molecule has 0 radical (unpaired) electrons. The average Bonchev–Trinajstić information content (AvgIpc) is 3.17. The molecule has 1 aromatic carbocycles. The molecule has 0 aliphatic heterocycles. The quantitative estimate of drug-likeness (QED) is 0.669. The predicted octanol–water partition coefficient (Wildman–Crippen LogP) is 3.11. The molecule has 4 rings (SSSR count). The van der Waals surface area contributed by atoms with Gasteiger partial charge >= 0.3 is 6.03 Å². The number of hydrogen-bond acceptors (Lipinski definition) is 5. The number of benzene rings is 1. The zero-order chi connectivity index (χ0) is 20.4. The number of carbonyl (C=O) groups excluding carboxylic acids is 1. The Balaban J connectivity index is 1.40. The molecule has 9 nitrogen and oxygen atoms in total. The molecule has 1 aliphatic carbocycles. The molecular weight excluding hydrogens is 368 g/mol. The fraction of sp³-hybridized carbons (Fsp3) is 0.450. The summed E-state index contributed by atoms with van der Waals surface area (Å²) in [5, 5.41) is 18.0. The van der Waals surface area contributed by atoms with Crippen LogP contribution in [0.5, 0.6) is 0 Å². The van der Waals surface area contributed by atoms with Crippen LogP contribution in [0.3, 0.4) is 0 Å². The third-order valence-corrected chi connectivity index (χ3v) is 5.09. The Bertz CT molecular complexity index is 951. The van der Waals surface area contributed by atoms with Crippen LogP contribution >= 0.6 is 0 Å². The van der Waals surface area contributed by atoms with Gasteiger partial charge in [0.15, 0.2) is 5.82 Å². The maximum Gasteiger partial charge on any atom is 0.319 e. The van der Waals surface area contributed by atoms with E-state index in [9.17, 15) is 4.79 Å². The Hall–Kier alpha value is -3.23. The Morgan fingerprint density at radius 2 is 2.00 bits per heavy atom. The molecule has 1 atom stereocenters. The van der Waals surface area contributed by atoms with Gasteiger partial charge in [-0.3, -0.25) is 0 Å². The highest BCUT2D eigenvalue weighted by Gasteiger charge is 2.28. The van der Waals surface area contributed by atoms with Crippen LogP contribution in [0, 0.1) is 5.41 Å². The molecule has 29 heavy (non-hydrogen) atoms. The topological polar surface area (TPSA) is 103 Å². The maximum absolute atomic E-state index is 12.6. The van der Waals surface area contributed by atoms with E-state index in [0.717, 1.165) is 24.2 Å². The minimum absolute atomic E-state index is 0.0564. The number of hydrogen-bond donors (Lipinski definition) is 2. The van der Waals surface area contributed by atoms with Crippen LogP contribution < -0.4 is 10.6 Å². The minimum atomic E-state index is -0.236. The number of nitrogens with one attached hydrogen (secondary N) is 2.